The topological polar surface area (TPSA) is 84.5 Å². The van der Waals surface area contributed by atoms with E-state index < -0.39 is 6.04 Å². The Kier molecular flexibility index (Phi) is 6.71. The third-order valence-electron chi connectivity index (χ3n) is 4.15. The lowest BCUT2D eigenvalue weighted by atomic mass is 10.0. The van der Waals surface area contributed by atoms with E-state index in [-0.39, 0.29) is 23.5 Å². The van der Waals surface area contributed by atoms with Crippen molar-refractivity contribution < 1.29 is 19.1 Å². The summed E-state index contributed by atoms with van der Waals surface area (Å²) in [5, 5.41) is 5.55. The van der Waals surface area contributed by atoms with E-state index in [0.717, 1.165) is 0 Å². The highest BCUT2D eigenvalue weighted by Gasteiger charge is 2.24. The molecule has 0 unspecified atom stereocenters. The van der Waals surface area contributed by atoms with Gasteiger partial charge in [0.1, 0.15) is 11.8 Å². The summed E-state index contributed by atoms with van der Waals surface area (Å²) >= 11 is 0. The highest BCUT2D eigenvalue weighted by atomic mass is 16.5. The molecule has 0 bridgehead atoms. The quantitative estimate of drug-likeness (QED) is 0.735. The lowest BCUT2D eigenvalue weighted by Gasteiger charge is -2.22. The Morgan fingerprint density at radius 2 is 1.44 bits per heavy atom. The number of carbonyl (C=O) groups is 3. The van der Waals surface area contributed by atoms with Gasteiger partial charge >= 0.3 is 0 Å². The minimum atomic E-state index is -0.702. The van der Waals surface area contributed by atoms with E-state index in [1.54, 1.807) is 55.6 Å². The minimum Gasteiger partial charge on any atom is -0.497 e. The Morgan fingerprint density at radius 1 is 0.889 bits per heavy atom. The lowest BCUT2D eigenvalue weighted by molar-refractivity contribution is -0.118. The number of rotatable bonds is 7. The number of hydrogen-bond donors (Lipinski definition) is 2. The highest BCUT2D eigenvalue weighted by Crippen LogP contribution is 2.14. The maximum Gasteiger partial charge on any atom is 0.251 e. The summed E-state index contributed by atoms with van der Waals surface area (Å²) in [6.07, 6.45) is 0. The molecule has 0 saturated carbocycles. The van der Waals surface area contributed by atoms with E-state index >= 15 is 0 Å². The number of amides is 2. The van der Waals surface area contributed by atoms with E-state index in [4.69, 9.17) is 4.74 Å². The first-order valence-corrected chi connectivity index (χ1v) is 8.68. The van der Waals surface area contributed by atoms with Crippen molar-refractivity contribution in [3.8, 4) is 5.75 Å². The van der Waals surface area contributed by atoms with Crippen molar-refractivity contribution in [1.29, 1.82) is 0 Å². The molecule has 2 rings (SSSR count). The summed E-state index contributed by atoms with van der Waals surface area (Å²) in [6, 6.07) is 12.6. The summed E-state index contributed by atoms with van der Waals surface area (Å²) < 4.78 is 5.08. The van der Waals surface area contributed by atoms with Gasteiger partial charge in [-0.25, -0.2) is 0 Å². The Morgan fingerprint density at radius 3 is 1.93 bits per heavy atom. The van der Waals surface area contributed by atoms with E-state index in [1.807, 2.05) is 13.8 Å². The first kappa shape index (κ1) is 20.2. The van der Waals surface area contributed by atoms with Crippen LogP contribution in [0.2, 0.25) is 0 Å². The maximum absolute atomic E-state index is 12.6. The molecule has 0 aromatic heterocycles. The third kappa shape index (κ3) is 5.41. The summed E-state index contributed by atoms with van der Waals surface area (Å²) in [4.78, 5) is 36.4. The molecule has 0 heterocycles. The van der Waals surface area contributed by atoms with Gasteiger partial charge in [-0.15, -0.1) is 0 Å². The predicted molar refractivity (Wildman–Crippen MR) is 104 cm³/mol. The predicted octanol–water partition coefficient (Wildman–Crippen LogP) is 3.29. The van der Waals surface area contributed by atoms with Crippen LogP contribution in [0.3, 0.4) is 0 Å². The van der Waals surface area contributed by atoms with Gasteiger partial charge in [-0.2, -0.15) is 0 Å². The van der Waals surface area contributed by atoms with Crippen LogP contribution in [0.25, 0.3) is 0 Å². The Labute approximate surface area is 158 Å². The molecule has 2 aromatic rings. The monoisotopic (exact) mass is 368 g/mol. The number of carbonyl (C=O) groups excluding carboxylic acids is 3. The summed E-state index contributed by atoms with van der Waals surface area (Å²) in [5.74, 6) is -0.150. The summed E-state index contributed by atoms with van der Waals surface area (Å²) in [7, 11) is 1.55. The molecule has 1 atom stereocenters. The molecular weight excluding hydrogens is 344 g/mol. The van der Waals surface area contributed by atoms with Crippen molar-refractivity contribution in [3.05, 3.63) is 59.7 Å². The van der Waals surface area contributed by atoms with Gasteiger partial charge < -0.3 is 15.4 Å². The zero-order valence-corrected chi connectivity index (χ0v) is 15.9. The Hall–Kier alpha value is -3.15. The van der Waals surface area contributed by atoms with Crippen molar-refractivity contribution in [3.63, 3.8) is 0 Å². The largest absolute Gasteiger partial charge is 0.497 e. The highest BCUT2D eigenvalue weighted by molar-refractivity contribution is 6.01. The van der Waals surface area contributed by atoms with Crippen LogP contribution >= 0.6 is 0 Å². The number of nitrogens with one attached hydrogen (secondary N) is 2. The number of ether oxygens (including phenoxy) is 1. The van der Waals surface area contributed by atoms with Gasteiger partial charge in [0, 0.05) is 16.8 Å². The number of methoxy groups -OCH3 is 1. The molecule has 0 saturated heterocycles. The number of ketones is 1. The fourth-order valence-electron chi connectivity index (χ4n) is 2.51. The van der Waals surface area contributed by atoms with Gasteiger partial charge in [-0.3, -0.25) is 14.4 Å². The lowest BCUT2D eigenvalue weighted by Crippen LogP contribution is -2.47. The number of Topliss-reactive ketones (excluding diaryl/α,β-unsaturated/α-hetero) is 1. The van der Waals surface area contributed by atoms with Crippen molar-refractivity contribution in [2.75, 3.05) is 12.4 Å². The SMILES string of the molecule is COc1ccc(C(=O)N[C@H](C(=O)Nc2ccc(C(C)=O)cc2)C(C)C)cc1. The van der Waals surface area contributed by atoms with E-state index in [0.29, 0.717) is 22.6 Å². The second-order valence-corrected chi connectivity index (χ2v) is 6.55. The van der Waals surface area contributed by atoms with Crippen LogP contribution in [0, 0.1) is 5.92 Å². The Balaban J connectivity index is 2.07. The molecule has 142 valence electrons. The van der Waals surface area contributed by atoms with Gasteiger partial charge in [-0.05, 0) is 61.4 Å². The van der Waals surface area contributed by atoms with Crippen LogP contribution in [0.5, 0.6) is 5.75 Å². The molecule has 6 heteroatoms. The van der Waals surface area contributed by atoms with Gasteiger partial charge in [0.15, 0.2) is 5.78 Å². The van der Waals surface area contributed by atoms with Crippen molar-refractivity contribution >= 4 is 23.3 Å². The van der Waals surface area contributed by atoms with E-state index in [2.05, 4.69) is 10.6 Å². The van der Waals surface area contributed by atoms with Gasteiger partial charge in [-0.1, -0.05) is 13.8 Å². The molecule has 0 aliphatic carbocycles. The van der Waals surface area contributed by atoms with E-state index in [1.165, 1.54) is 6.92 Å². The van der Waals surface area contributed by atoms with Crippen LogP contribution in [0.4, 0.5) is 5.69 Å². The molecule has 0 spiro atoms. The molecule has 0 aliphatic heterocycles. The molecule has 2 amide bonds. The molecule has 2 aromatic carbocycles. The van der Waals surface area contributed by atoms with Crippen LogP contribution in [0.1, 0.15) is 41.5 Å². The standard InChI is InChI=1S/C21H24N2O4/c1-13(2)19(23-20(25)16-7-11-18(27-4)12-8-16)21(26)22-17-9-5-15(6-10-17)14(3)24/h5-13,19H,1-4H3,(H,22,26)(H,23,25)/t19-/m0/s1. The average molecular weight is 368 g/mol. The number of benzene rings is 2. The number of hydrogen-bond acceptors (Lipinski definition) is 4. The molecule has 2 N–H and O–H groups in total. The average Bonchev–Trinajstić information content (AvgIpc) is 2.66. The Bertz CT molecular complexity index is 811. The second kappa shape index (κ2) is 8.98. The number of anilines is 1. The molecule has 27 heavy (non-hydrogen) atoms. The third-order valence-corrected chi connectivity index (χ3v) is 4.15. The van der Waals surface area contributed by atoms with Crippen LogP contribution in [0.15, 0.2) is 48.5 Å². The first-order valence-electron chi connectivity index (χ1n) is 8.68. The molecular formula is C21H24N2O4. The fourth-order valence-corrected chi connectivity index (χ4v) is 2.51. The molecule has 0 radical (unpaired) electrons. The smallest absolute Gasteiger partial charge is 0.251 e. The maximum atomic E-state index is 12.6. The van der Waals surface area contributed by atoms with Crippen LogP contribution < -0.4 is 15.4 Å². The van der Waals surface area contributed by atoms with Crippen LogP contribution in [-0.4, -0.2) is 30.7 Å². The van der Waals surface area contributed by atoms with Crippen molar-refractivity contribution in [2.24, 2.45) is 5.92 Å². The summed E-state index contributed by atoms with van der Waals surface area (Å²) in [6.45, 7) is 5.20. The zero-order valence-electron chi connectivity index (χ0n) is 15.9. The van der Waals surface area contributed by atoms with Crippen molar-refractivity contribution in [2.45, 2.75) is 26.8 Å². The van der Waals surface area contributed by atoms with Gasteiger partial charge in [0.25, 0.3) is 5.91 Å². The van der Waals surface area contributed by atoms with Crippen LogP contribution in [-0.2, 0) is 4.79 Å². The fraction of sp³-hybridized carbons (Fsp3) is 0.286. The zero-order chi connectivity index (χ0) is 20.0. The second-order valence-electron chi connectivity index (χ2n) is 6.55. The van der Waals surface area contributed by atoms with Gasteiger partial charge in [0.2, 0.25) is 5.91 Å². The van der Waals surface area contributed by atoms with E-state index in [9.17, 15) is 14.4 Å². The van der Waals surface area contributed by atoms with Gasteiger partial charge in [0.05, 0.1) is 7.11 Å². The molecule has 0 fully saturated rings. The molecule has 0 aliphatic rings. The van der Waals surface area contributed by atoms with Crippen molar-refractivity contribution in [1.82, 2.24) is 5.32 Å². The summed E-state index contributed by atoms with van der Waals surface area (Å²) in [5.41, 5.74) is 1.58. The minimum absolute atomic E-state index is 0.0420. The molecule has 6 nitrogen and oxygen atoms in total. The first-order chi connectivity index (χ1) is 12.8. The normalized spacial score (nSPS) is 11.6.